The largest absolute Gasteiger partial charge is 0.497 e. The molecule has 0 aromatic heterocycles. The van der Waals surface area contributed by atoms with Crippen molar-refractivity contribution < 1.29 is 14.2 Å². The predicted molar refractivity (Wildman–Crippen MR) is 67.7 cm³/mol. The third-order valence-electron chi connectivity index (χ3n) is 2.52. The lowest BCUT2D eigenvalue weighted by Gasteiger charge is -2.15. The smallest absolute Gasteiger partial charge is 0.127 e. The number of ether oxygens (including phenoxy) is 3. The third-order valence-corrected chi connectivity index (χ3v) is 2.52. The second kappa shape index (κ2) is 7.14. The second-order valence-corrected chi connectivity index (χ2v) is 3.86. The van der Waals surface area contributed by atoms with Gasteiger partial charge in [0.15, 0.2) is 0 Å². The van der Waals surface area contributed by atoms with Crippen LogP contribution in [0.25, 0.3) is 0 Å². The summed E-state index contributed by atoms with van der Waals surface area (Å²) < 4.78 is 16.1. The summed E-state index contributed by atoms with van der Waals surface area (Å²) in [6.07, 6.45) is 0.0728. The SMILES string of the molecule is CNCc1ccc(OC)cc1OCC(C)OC. The van der Waals surface area contributed by atoms with Gasteiger partial charge in [0.05, 0.1) is 13.2 Å². The van der Waals surface area contributed by atoms with Gasteiger partial charge in [-0.1, -0.05) is 6.07 Å². The van der Waals surface area contributed by atoms with Gasteiger partial charge in [0.2, 0.25) is 0 Å². The molecule has 4 heteroatoms. The summed E-state index contributed by atoms with van der Waals surface area (Å²) in [7, 11) is 5.23. The van der Waals surface area contributed by atoms with E-state index in [1.165, 1.54) is 0 Å². The Bertz CT molecular complexity index is 341. The lowest BCUT2D eigenvalue weighted by molar-refractivity contribution is 0.0712. The summed E-state index contributed by atoms with van der Waals surface area (Å²) in [6.45, 7) is 3.26. The van der Waals surface area contributed by atoms with Crippen LogP contribution in [0.5, 0.6) is 11.5 Å². The van der Waals surface area contributed by atoms with Gasteiger partial charge in [-0.25, -0.2) is 0 Å². The van der Waals surface area contributed by atoms with Crippen LogP contribution in [0.2, 0.25) is 0 Å². The van der Waals surface area contributed by atoms with E-state index in [0.29, 0.717) is 6.61 Å². The van der Waals surface area contributed by atoms with E-state index in [0.717, 1.165) is 23.6 Å². The molecule has 0 fully saturated rings. The number of nitrogens with one attached hydrogen (secondary N) is 1. The number of hydrogen-bond donors (Lipinski definition) is 1. The van der Waals surface area contributed by atoms with E-state index in [9.17, 15) is 0 Å². The second-order valence-electron chi connectivity index (χ2n) is 3.86. The van der Waals surface area contributed by atoms with Crippen LogP contribution < -0.4 is 14.8 Å². The maximum absolute atomic E-state index is 5.74. The van der Waals surface area contributed by atoms with Crippen molar-refractivity contribution >= 4 is 0 Å². The zero-order valence-corrected chi connectivity index (χ0v) is 10.9. The molecule has 0 spiro atoms. The van der Waals surface area contributed by atoms with Gasteiger partial charge in [-0.15, -0.1) is 0 Å². The number of methoxy groups -OCH3 is 2. The summed E-state index contributed by atoms with van der Waals surface area (Å²) in [5, 5.41) is 3.11. The molecule has 0 aliphatic heterocycles. The van der Waals surface area contributed by atoms with Crippen LogP contribution in [0, 0.1) is 0 Å². The summed E-state index contributed by atoms with van der Waals surface area (Å²) in [6, 6.07) is 5.83. The Labute approximate surface area is 103 Å². The number of rotatable bonds is 7. The monoisotopic (exact) mass is 239 g/mol. The van der Waals surface area contributed by atoms with E-state index in [1.807, 2.05) is 32.2 Å². The van der Waals surface area contributed by atoms with Crippen LogP contribution in [-0.4, -0.2) is 34.0 Å². The summed E-state index contributed by atoms with van der Waals surface area (Å²) in [4.78, 5) is 0. The zero-order chi connectivity index (χ0) is 12.7. The van der Waals surface area contributed by atoms with Crippen molar-refractivity contribution in [2.45, 2.75) is 19.6 Å². The van der Waals surface area contributed by atoms with E-state index >= 15 is 0 Å². The van der Waals surface area contributed by atoms with E-state index in [-0.39, 0.29) is 6.10 Å². The number of benzene rings is 1. The van der Waals surface area contributed by atoms with Crippen molar-refractivity contribution in [1.29, 1.82) is 0 Å². The van der Waals surface area contributed by atoms with Gasteiger partial charge in [0.25, 0.3) is 0 Å². The molecule has 0 aliphatic carbocycles. The molecule has 4 nitrogen and oxygen atoms in total. The van der Waals surface area contributed by atoms with Gasteiger partial charge >= 0.3 is 0 Å². The molecule has 1 rings (SSSR count). The topological polar surface area (TPSA) is 39.7 Å². The van der Waals surface area contributed by atoms with Gasteiger partial charge in [-0.3, -0.25) is 0 Å². The van der Waals surface area contributed by atoms with Crippen LogP contribution in [0.15, 0.2) is 18.2 Å². The zero-order valence-electron chi connectivity index (χ0n) is 10.9. The molecule has 1 aromatic rings. The normalized spacial score (nSPS) is 12.2. The average Bonchev–Trinajstić information content (AvgIpc) is 2.37. The Balaban J connectivity index is 2.77. The van der Waals surface area contributed by atoms with Crippen molar-refractivity contribution in [2.24, 2.45) is 0 Å². The van der Waals surface area contributed by atoms with E-state index in [4.69, 9.17) is 14.2 Å². The van der Waals surface area contributed by atoms with Crippen LogP contribution in [0.3, 0.4) is 0 Å². The Morgan fingerprint density at radius 3 is 2.65 bits per heavy atom. The van der Waals surface area contributed by atoms with Crippen LogP contribution in [0.4, 0.5) is 0 Å². The fourth-order valence-electron chi connectivity index (χ4n) is 1.41. The molecule has 1 aromatic carbocycles. The minimum absolute atomic E-state index is 0.0728. The van der Waals surface area contributed by atoms with Crippen molar-refractivity contribution in [3.8, 4) is 11.5 Å². The molecule has 96 valence electrons. The first-order chi connectivity index (χ1) is 8.21. The molecule has 0 radical (unpaired) electrons. The first-order valence-electron chi connectivity index (χ1n) is 5.68. The van der Waals surface area contributed by atoms with Crippen LogP contribution in [-0.2, 0) is 11.3 Å². The van der Waals surface area contributed by atoms with Crippen molar-refractivity contribution in [3.05, 3.63) is 23.8 Å². The molecule has 0 amide bonds. The summed E-state index contributed by atoms with van der Waals surface area (Å²) in [5.74, 6) is 1.63. The van der Waals surface area contributed by atoms with Crippen molar-refractivity contribution in [3.63, 3.8) is 0 Å². The number of hydrogen-bond acceptors (Lipinski definition) is 4. The van der Waals surface area contributed by atoms with Gasteiger partial charge in [-0.2, -0.15) is 0 Å². The van der Waals surface area contributed by atoms with Gasteiger partial charge in [0.1, 0.15) is 18.1 Å². The highest BCUT2D eigenvalue weighted by molar-refractivity contribution is 5.40. The molecule has 0 saturated carbocycles. The first kappa shape index (κ1) is 13.8. The molecule has 1 atom stereocenters. The Morgan fingerprint density at radius 2 is 2.06 bits per heavy atom. The average molecular weight is 239 g/mol. The van der Waals surface area contributed by atoms with E-state index in [1.54, 1.807) is 14.2 Å². The molecule has 0 heterocycles. The standard InChI is InChI=1S/C13H21NO3/c1-10(15-3)9-17-13-7-12(16-4)6-5-11(13)8-14-2/h5-7,10,14H,8-9H2,1-4H3. The fraction of sp³-hybridized carbons (Fsp3) is 0.538. The Hall–Kier alpha value is -1.26. The minimum atomic E-state index is 0.0728. The van der Waals surface area contributed by atoms with Gasteiger partial charge in [0, 0.05) is 25.3 Å². The van der Waals surface area contributed by atoms with Crippen LogP contribution >= 0.6 is 0 Å². The molecular formula is C13H21NO3. The molecule has 0 aliphatic rings. The minimum Gasteiger partial charge on any atom is -0.497 e. The van der Waals surface area contributed by atoms with Gasteiger partial charge < -0.3 is 19.5 Å². The van der Waals surface area contributed by atoms with Crippen molar-refractivity contribution in [2.75, 3.05) is 27.9 Å². The van der Waals surface area contributed by atoms with Gasteiger partial charge in [-0.05, 0) is 20.0 Å². The Morgan fingerprint density at radius 1 is 1.29 bits per heavy atom. The lowest BCUT2D eigenvalue weighted by Crippen LogP contribution is -2.17. The van der Waals surface area contributed by atoms with Crippen LogP contribution in [0.1, 0.15) is 12.5 Å². The third kappa shape index (κ3) is 4.24. The summed E-state index contributed by atoms with van der Waals surface area (Å²) in [5.41, 5.74) is 1.11. The predicted octanol–water partition coefficient (Wildman–Crippen LogP) is 1.83. The summed E-state index contributed by atoms with van der Waals surface area (Å²) >= 11 is 0. The molecule has 0 saturated heterocycles. The van der Waals surface area contributed by atoms with Crippen molar-refractivity contribution in [1.82, 2.24) is 5.32 Å². The maximum atomic E-state index is 5.74. The fourth-order valence-corrected chi connectivity index (χ4v) is 1.41. The lowest BCUT2D eigenvalue weighted by atomic mass is 10.2. The highest BCUT2D eigenvalue weighted by Crippen LogP contribution is 2.25. The Kier molecular flexibility index (Phi) is 5.80. The highest BCUT2D eigenvalue weighted by atomic mass is 16.5. The molecule has 0 bridgehead atoms. The molecule has 1 N–H and O–H groups in total. The molecule has 1 unspecified atom stereocenters. The highest BCUT2D eigenvalue weighted by Gasteiger charge is 2.07. The van der Waals surface area contributed by atoms with E-state index < -0.39 is 0 Å². The maximum Gasteiger partial charge on any atom is 0.127 e. The first-order valence-corrected chi connectivity index (χ1v) is 5.68. The molecular weight excluding hydrogens is 218 g/mol. The van der Waals surface area contributed by atoms with E-state index in [2.05, 4.69) is 5.32 Å². The molecule has 17 heavy (non-hydrogen) atoms. The quantitative estimate of drug-likeness (QED) is 0.788.